The number of nitrogens with zero attached hydrogens (tertiary/aromatic N) is 1. The van der Waals surface area contributed by atoms with Crippen molar-refractivity contribution in [3.8, 4) is 11.5 Å². The van der Waals surface area contributed by atoms with E-state index in [2.05, 4.69) is 20.6 Å². The number of sulfonamides is 1. The molecule has 0 aliphatic carbocycles. The maximum Gasteiger partial charge on any atom is 0.416 e. The minimum atomic E-state index is -4.61. The van der Waals surface area contributed by atoms with E-state index in [1.807, 2.05) is 0 Å². The van der Waals surface area contributed by atoms with Crippen LogP contribution in [-0.2, 0) is 16.2 Å². The highest BCUT2D eigenvalue weighted by atomic mass is 35.5. The Kier molecular flexibility index (Phi) is 6.72. The molecule has 182 valence electrons. The number of rotatable bonds is 6. The first kappa shape index (κ1) is 24.6. The summed E-state index contributed by atoms with van der Waals surface area (Å²) in [5.41, 5.74) is 12.0. The van der Waals surface area contributed by atoms with Crippen LogP contribution in [0.5, 0.6) is 11.5 Å². The van der Waals surface area contributed by atoms with Gasteiger partial charge in [0.1, 0.15) is 22.2 Å². The lowest BCUT2D eigenvalue weighted by molar-refractivity contribution is -0.137. The molecule has 0 radical (unpaired) electrons. The third kappa shape index (κ3) is 5.11. The minimum absolute atomic E-state index is 0.00497. The van der Waals surface area contributed by atoms with Gasteiger partial charge in [-0.05, 0) is 24.3 Å². The monoisotopic (exact) mass is 537 g/mol. The summed E-state index contributed by atoms with van der Waals surface area (Å²) in [4.78, 5) is 3.02. The lowest BCUT2D eigenvalue weighted by Crippen LogP contribution is -2.38. The first-order valence-corrected chi connectivity index (χ1v) is 12.3. The lowest BCUT2D eigenvalue weighted by atomic mass is 9.94. The predicted octanol–water partition coefficient (Wildman–Crippen LogP) is 4.02. The van der Waals surface area contributed by atoms with E-state index in [-0.39, 0.29) is 34.4 Å². The van der Waals surface area contributed by atoms with E-state index in [9.17, 15) is 26.0 Å². The Bertz CT molecular complexity index is 1310. The number of hydrogen-bond donors (Lipinski definition) is 4. The van der Waals surface area contributed by atoms with E-state index < -0.39 is 44.6 Å². The molecule has 34 heavy (non-hydrogen) atoms. The highest BCUT2D eigenvalue weighted by Crippen LogP contribution is 2.40. The maximum atomic E-state index is 14.8. The number of nitrogens with one attached hydrogen (secondary N) is 3. The van der Waals surface area contributed by atoms with Crippen LogP contribution in [0.15, 0.2) is 46.1 Å². The molecule has 1 aliphatic heterocycles. The summed E-state index contributed by atoms with van der Waals surface area (Å²) in [6, 6.07) is 4.36. The summed E-state index contributed by atoms with van der Waals surface area (Å²) in [7, 11) is -4.36. The quantitative estimate of drug-likeness (QED) is 0.351. The highest BCUT2D eigenvalue weighted by molar-refractivity contribution is 7.92. The fourth-order valence-corrected chi connectivity index (χ4v) is 5.20. The third-order valence-corrected chi connectivity index (χ3v) is 7.18. The van der Waals surface area contributed by atoms with Crippen LogP contribution in [-0.4, -0.2) is 26.1 Å². The molecular formula is C19H16ClF4N5O3S2. The Hall–Kier alpha value is -2.49. The number of halogens is 5. The molecule has 0 bridgehead atoms. The normalized spacial score (nSPS) is 18.8. The molecule has 3 aromatic rings. The molecule has 0 spiro atoms. The second kappa shape index (κ2) is 9.28. The van der Waals surface area contributed by atoms with Gasteiger partial charge in [-0.1, -0.05) is 11.6 Å². The van der Waals surface area contributed by atoms with Gasteiger partial charge in [0.15, 0.2) is 5.82 Å². The standard InChI is InChI=1S/C19H16ClF4N5O3S2/c20-12-4-16(34(30,31)29-17-7-33-8-26-17)13(21)5-15(12)32-14-2-1-9(19(22,23)24)3-10(14)11-6-27-28-18(11)25/h1-5,7-8,11,18,27-29H,6,25H2. The Morgan fingerprint density at radius 3 is 2.62 bits per heavy atom. The molecule has 2 atom stereocenters. The van der Waals surface area contributed by atoms with Gasteiger partial charge in [-0.3, -0.25) is 10.1 Å². The Balaban J connectivity index is 1.69. The average molecular weight is 538 g/mol. The molecular weight excluding hydrogens is 522 g/mol. The van der Waals surface area contributed by atoms with Crippen LogP contribution in [0.4, 0.5) is 23.4 Å². The van der Waals surface area contributed by atoms with Crippen LogP contribution in [0, 0.1) is 5.82 Å². The SMILES string of the molecule is NC1NNCC1c1cc(C(F)(F)F)ccc1Oc1cc(F)c(S(=O)(=O)Nc2cscn2)cc1Cl. The zero-order valence-electron chi connectivity index (χ0n) is 16.9. The predicted molar refractivity (Wildman–Crippen MR) is 118 cm³/mol. The third-order valence-electron chi connectivity index (χ3n) is 4.93. The summed E-state index contributed by atoms with van der Waals surface area (Å²) >= 11 is 7.29. The summed E-state index contributed by atoms with van der Waals surface area (Å²) in [5.74, 6) is -2.12. The second-order valence-corrected chi connectivity index (χ2v) is 9.98. The van der Waals surface area contributed by atoms with Gasteiger partial charge in [0.2, 0.25) is 0 Å². The molecule has 15 heteroatoms. The number of thiazole rings is 1. The first-order chi connectivity index (χ1) is 16.0. The van der Waals surface area contributed by atoms with Gasteiger partial charge in [-0.25, -0.2) is 23.2 Å². The van der Waals surface area contributed by atoms with Crippen LogP contribution in [0.25, 0.3) is 0 Å². The number of alkyl halides is 3. The van der Waals surface area contributed by atoms with E-state index in [1.165, 1.54) is 10.9 Å². The van der Waals surface area contributed by atoms with Gasteiger partial charge < -0.3 is 10.5 Å². The molecule has 1 aliphatic rings. The van der Waals surface area contributed by atoms with E-state index in [0.717, 1.165) is 41.7 Å². The van der Waals surface area contributed by atoms with Crippen molar-refractivity contribution in [1.82, 2.24) is 15.8 Å². The summed E-state index contributed by atoms with van der Waals surface area (Å²) in [5, 5.41) is 1.14. The number of nitrogens with two attached hydrogens (primary N) is 1. The molecule has 0 amide bonds. The largest absolute Gasteiger partial charge is 0.455 e. The number of hydrazine groups is 1. The molecule has 2 heterocycles. The van der Waals surface area contributed by atoms with Crippen molar-refractivity contribution < 1.29 is 30.7 Å². The van der Waals surface area contributed by atoms with E-state index in [1.54, 1.807) is 0 Å². The number of benzene rings is 2. The number of ether oxygens (including phenoxy) is 1. The fourth-order valence-electron chi connectivity index (χ4n) is 3.29. The van der Waals surface area contributed by atoms with Crippen LogP contribution in [0.3, 0.4) is 0 Å². The van der Waals surface area contributed by atoms with Gasteiger partial charge in [0, 0.05) is 29.5 Å². The summed E-state index contributed by atoms with van der Waals surface area (Å²) in [6.45, 7) is 0.209. The van der Waals surface area contributed by atoms with E-state index >= 15 is 0 Å². The van der Waals surface area contributed by atoms with Crippen molar-refractivity contribution in [2.24, 2.45) is 5.73 Å². The number of aromatic nitrogens is 1. The van der Waals surface area contributed by atoms with Gasteiger partial charge in [0.05, 0.1) is 22.3 Å². The fraction of sp³-hybridized carbons (Fsp3) is 0.211. The zero-order valence-corrected chi connectivity index (χ0v) is 19.2. The molecule has 1 saturated heterocycles. The van der Waals surface area contributed by atoms with Gasteiger partial charge in [-0.15, -0.1) is 11.3 Å². The molecule has 1 fully saturated rings. The Labute approximate surface area is 200 Å². The molecule has 2 unspecified atom stereocenters. The lowest BCUT2D eigenvalue weighted by Gasteiger charge is -2.21. The number of hydrogen-bond acceptors (Lipinski definition) is 8. The Morgan fingerprint density at radius 1 is 1.24 bits per heavy atom. The van der Waals surface area contributed by atoms with E-state index in [4.69, 9.17) is 22.1 Å². The highest BCUT2D eigenvalue weighted by Gasteiger charge is 2.35. The Morgan fingerprint density at radius 2 is 2.00 bits per heavy atom. The van der Waals surface area contributed by atoms with Crippen LogP contribution in [0.2, 0.25) is 5.02 Å². The van der Waals surface area contributed by atoms with Gasteiger partial charge >= 0.3 is 6.18 Å². The van der Waals surface area contributed by atoms with Gasteiger partial charge in [-0.2, -0.15) is 13.2 Å². The molecule has 1 aromatic heterocycles. The van der Waals surface area contributed by atoms with Crippen molar-refractivity contribution >= 4 is 38.8 Å². The average Bonchev–Trinajstić information content (AvgIpc) is 3.41. The summed E-state index contributed by atoms with van der Waals surface area (Å²) < 4.78 is 87.4. The van der Waals surface area contributed by atoms with Crippen molar-refractivity contribution in [3.63, 3.8) is 0 Å². The smallest absolute Gasteiger partial charge is 0.416 e. The summed E-state index contributed by atoms with van der Waals surface area (Å²) in [6.07, 6.45) is -5.33. The molecule has 5 N–H and O–H groups in total. The van der Waals surface area contributed by atoms with Crippen LogP contribution < -0.4 is 26.0 Å². The van der Waals surface area contributed by atoms with Crippen molar-refractivity contribution in [3.05, 3.63) is 63.2 Å². The first-order valence-electron chi connectivity index (χ1n) is 9.49. The molecule has 4 rings (SSSR count). The van der Waals surface area contributed by atoms with Crippen molar-refractivity contribution in [2.45, 2.75) is 23.2 Å². The minimum Gasteiger partial charge on any atom is -0.455 e. The topological polar surface area (TPSA) is 118 Å². The molecule has 8 nitrogen and oxygen atoms in total. The van der Waals surface area contributed by atoms with Gasteiger partial charge in [0.25, 0.3) is 10.0 Å². The molecule has 2 aromatic carbocycles. The van der Waals surface area contributed by atoms with Crippen molar-refractivity contribution in [1.29, 1.82) is 0 Å². The van der Waals surface area contributed by atoms with Crippen LogP contribution >= 0.6 is 22.9 Å². The maximum absolute atomic E-state index is 14.8. The van der Waals surface area contributed by atoms with Crippen molar-refractivity contribution in [2.75, 3.05) is 11.3 Å². The number of anilines is 1. The van der Waals surface area contributed by atoms with E-state index in [0.29, 0.717) is 0 Å². The van der Waals surface area contributed by atoms with Crippen LogP contribution in [0.1, 0.15) is 17.0 Å². The molecule has 0 saturated carbocycles. The second-order valence-electron chi connectivity index (χ2n) is 7.20. The zero-order chi connectivity index (χ0) is 24.7.